The van der Waals surface area contributed by atoms with Crippen LogP contribution in [-0.2, 0) is 14.8 Å². The van der Waals surface area contributed by atoms with Crippen LogP contribution in [0, 0.1) is 11.8 Å². The number of carboxylic acids is 1. The second kappa shape index (κ2) is 7.59. The average molecular weight is 394 g/mol. The van der Waals surface area contributed by atoms with Gasteiger partial charge in [0.25, 0.3) is 5.91 Å². The summed E-state index contributed by atoms with van der Waals surface area (Å²) in [5.41, 5.74) is -0.638. The lowest BCUT2D eigenvalue weighted by Gasteiger charge is -2.39. The number of carbonyl (C=O) groups is 2. The lowest BCUT2D eigenvalue weighted by atomic mass is 9.73. The first-order valence-electron chi connectivity index (χ1n) is 9.36. The Morgan fingerprint density at radius 1 is 1.22 bits per heavy atom. The fourth-order valence-corrected chi connectivity index (χ4v) is 4.81. The zero-order chi connectivity index (χ0) is 19.7. The Hall–Kier alpha value is -1.93. The zero-order valence-electron chi connectivity index (χ0n) is 15.4. The number of hydrogen-bond acceptors (Lipinski definition) is 4. The van der Waals surface area contributed by atoms with Crippen molar-refractivity contribution in [3.05, 3.63) is 29.8 Å². The van der Waals surface area contributed by atoms with Crippen molar-refractivity contribution in [2.75, 3.05) is 6.54 Å². The van der Waals surface area contributed by atoms with E-state index < -0.39 is 33.4 Å². The average Bonchev–Trinajstić information content (AvgIpc) is 3.44. The van der Waals surface area contributed by atoms with Gasteiger partial charge in [0.1, 0.15) is 0 Å². The van der Waals surface area contributed by atoms with Crippen LogP contribution in [0.5, 0.6) is 0 Å². The SMILES string of the molecule is CC1(NC(=O)c2cccc(S(=O)(=O)NCC3CC3)c2)CCCCC1C(=O)O. The van der Waals surface area contributed by atoms with E-state index in [4.69, 9.17) is 0 Å². The van der Waals surface area contributed by atoms with Crippen molar-refractivity contribution in [3.8, 4) is 0 Å². The first-order valence-corrected chi connectivity index (χ1v) is 10.8. The first kappa shape index (κ1) is 19.8. The summed E-state index contributed by atoms with van der Waals surface area (Å²) in [6.07, 6.45) is 4.84. The predicted molar refractivity (Wildman–Crippen MR) is 99.8 cm³/mol. The van der Waals surface area contributed by atoms with Gasteiger partial charge in [0.2, 0.25) is 10.0 Å². The molecule has 0 radical (unpaired) electrons. The van der Waals surface area contributed by atoms with Crippen molar-refractivity contribution in [3.63, 3.8) is 0 Å². The molecule has 2 fully saturated rings. The van der Waals surface area contributed by atoms with E-state index in [1.807, 2.05) is 0 Å². The summed E-state index contributed by atoms with van der Waals surface area (Å²) in [7, 11) is -3.67. The summed E-state index contributed by atoms with van der Waals surface area (Å²) in [5.74, 6) is -1.62. The minimum absolute atomic E-state index is 0.0411. The number of nitrogens with one attached hydrogen (secondary N) is 2. The summed E-state index contributed by atoms with van der Waals surface area (Å²) >= 11 is 0. The highest BCUT2D eigenvalue weighted by Gasteiger charge is 2.42. The Morgan fingerprint density at radius 3 is 2.63 bits per heavy atom. The van der Waals surface area contributed by atoms with Crippen molar-refractivity contribution in [1.29, 1.82) is 0 Å². The van der Waals surface area contributed by atoms with Crippen LogP contribution in [0.25, 0.3) is 0 Å². The molecule has 1 aromatic rings. The van der Waals surface area contributed by atoms with Crippen LogP contribution in [-0.4, -0.2) is 37.5 Å². The van der Waals surface area contributed by atoms with Crippen LogP contribution >= 0.6 is 0 Å². The highest BCUT2D eigenvalue weighted by molar-refractivity contribution is 7.89. The maximum absolute atomic E-state index is 12.7. The van der Waals surface area contributed by atoms with Gasteiger partial charge >= 0.3 is 5.97 Å². The lowest BCUT2D eigenvalue weighted by Crippen LogP contribution is -2.55. The van der Waals surface area contributed by atoms with Crippen molar-refractivity contribution < 1.29 is 23.1 Å². The molecular weight excluding hydrogens is 368 g/mol. The molecule has 0 spiro atoms. The fourth-order valence-electron chi connectivity index (χ4n) is 3.65. The Bertz CT molecular complexity index is 834. The molecule has 0 aromatic heterocycles. The standard InChI is InChI=1S/C19H26N2O5S/c1-19(10-3-2-7-16(19)18(23)24)21-17(22)14-5-4-6-15(11-14)27(25,26)20-12-13-8-9-13/h4-6,11,13,16,20H,2-3,7-10,12H2,1H3,(H,21,22)(H,23,24). The van der Waals surface area contributed by atoms with Crippen LogP contribution in [0.15, 0.2) is 29.2 Å². The Kier molecular flexibility index (Phi) is 5.58. The molecule has 2 aliphatic rings. The molecule has 1 amide bonds. The van der Waals surface area contributed by atoms with E-state index in [2.05, 4.69) is 10.0 Å². The second-order valence-electron chi connectivity index (χ2n) is 7.83. The maximum Gasteiger partial charge on any atom is 0.308 e. The molecule has 2 atom stereocenters. The van der Waals surface area contributed by atoms with Gasteiger partial charge in [-0.25, -0.2) is 13.1 Å². The molecule has 148 valence electrons. The largest absolute Gasteiger partial charge is 0.481 e. The molecule has 0 saturated heterocycles. The van der Waals surface area contributed by atoms with Crippen LogP contribution in [0.2, 0.25) is 0 Å². The van der Waals surface area contributed by atoms with Gasteiger partial charge in [-0.15, -0.1) is 0 Å². The molecule has 0 aliphatic heterocycles. The molecule has 2 unspecified atom stereocenters. The second-order valence-corrected chi connectivity index (χ2v) is 9.60. The number of benzene rings is 1. The number of amides is 1. The Balaban J connectivity index is 1.75. The smallest absolute Gasteiger partial charge is 0.308 e. The van der Waals surface area contributed by atoms with Crippen molar-refractivity contribution >= 4 is 21.9 Å². The summed E-state index contributed by atoms with van der Waals surface area (Å²) < 4.78 is 27.4. The summed E-state index contributed by atoms with van der Waals surface area (Å²) in [6, 6.07) is 5.86. The Morgan fingerprint density at radius 2 is 1.96 bits per heavy atom. The molecule has 0 heterocycles. The minimum atomic E-state index is -3.67. The highest BCUT2D eigenvalue weighted by atomic mass is 32.2. The third-order valence-electron chi connectivity index (χ3n) is 5.57. The third-order valence-corrected chi connectivity index (χ3v) is 6.99. The molecule has 3 N–H and O–H groups in total. The Labute approximate surface area is 159 Å². The number of rotatable bonds is 7. The number of hydrogen-bond donors (Lipinski definition) is 3. The van der Waals surface area contributed by atoms with Gasteiger partial charge in [0, 0.05) is 12.1 Å². The molecule has 3 rings (SSSR count). The van der Waals surface area contributed by atoms with Crippen LogP contribution in [0.1, 0.15) is 55.8 Å². The van der Waals surface area contributed by atoms with E-state index in [-0.39, 0.29) is 10.5 Å². The molecule has 2 saturated carbocycles. The number of carbonyl (C=O) groups excluding carboxylic acids is 1. The van der Waals surface area contributed by atoms with E-state index in [1.54, 1.807) is 6.92 Å². The van der Waals surface area contributed by atoms with Crippen molar-refractivity contribution in [2.45, 2.75) is 55.9 Å². The van der Waals surface area contributed by atoms with Gasteiger partial charge in [-0.1, -0.05) is 18.9 Å². The van der Waals surface area contributed by atoms with Gasteiger partial charge in [0.05, 0.1) is 16.4 Å². The molecule has 27 heavy (non-hydrogen) atoms. The summed E-state index contributed by atoms with van der Waals surface area (Å²) in [4.78, 5) is 24.3. The van der Waals surface area contributed by atoms with E-state index in [9.17, 15) is 23.1 Å². The van der Waals surface area contributed by atoms with E-state index in [1.165, 1.54) is 24.3 Å². The number of carboxylic acid groups (broad SMARTS) is 1. The quantitative estimate of drug-likeness (QED) is 0.656. The molecular formula is C19H26N2O5S. The van der Waals surface area contributed by atoms with Gasteiger partial charge < -0.3 is 10.4 Å². The topological polar surface area (TPSA) is 113 Å². The predicted octanol–water partition coefficient (Wildman–Crippen LogP) is 2.14. The third kappa shape index (κ3) is 4.68. The molecule has 1 aromatic carbocycles. The van der Waals surface area contributed by atoms with Crippen molar-refractivity contribution in [2.24, 2.45) is 11.8 Å². The van der Waals surface area contributed by atoms with Crippen LogP contribution in [0.3, 0.4) is 0 Å². The summed E-state index contributed by atoms with van der Waals surface area (Å²) in [6.45, 7) is 2.16. The van der Waals surface area contributed by atoms with E-state index in [0.29, 0.717) is 25.3 Å². The van der Waals surface area contributed by atoms with E-state index >= 15 is 0 Å². The number of aliphatic carboxylic acids is 1. The zero-order valence-corrected chi connectivity index (χ0v) is 16.2. The van der Waals surface area contributed by atoms with Gasteiger partial charge in [-0.2, -0.15) is 0 Å². The summed E-state index contributed by atoms with van der Waals surface area (Å²) in [5, 5.41) is 12.3. The molecule has 7 nitrogen and oxygen atoms in total. The molecule has 0 bridgehead atoms. The number of sulfonamides is 1. The maximum atomic E-state index is 12.7. The molecule has 8 heteroatoms. The van der Waals surface area contributed by atoms with Crippen LogP contribution < -0.4 is 10.0 Å². The lowest BCUT2D eigenvalue weighted by molar-refractivity contribution is -0.145. The van der Waals surface area contributed by atoms with Gasteiger partial charge in [-0.05, 0) is 56.7 Å². The monoisotopic (exact) mass is 394 g/mol. The normalized spacial score (nSPS) is 25.7. The minimum Gasteiger partial charge on any atom is -0.481 e. The van der Waals surface area contributed by atoms with Gasteiger partial charge in [-0.3, -0.25) is 9.59 Å². The highest BCUT2D eigenvalue weighted by Crippen LogP contribution is 2.34. The van der Waals surface area contributed by atoms with Crippen molar-refractivity contribution in [1.82, 2.24) is 10.0 Å². The van der Waals surface area contributed by atoms with E-state index in [0.717, 1.165) is 25.7 Å². The fraction of sp³-hybridized carbons (Fsp3) is 0.579. The first-order chi connectivity index (χ1) is 12.7. The molecule has 2 aliphatic carbocycles. The van der Waals surface area contributed by atoms with Crippen LogP contribution in [0.4, 0.5) is 0 Å². The van der Waals surface area contributed by atoms with Gasteiger partial charge in [0.15, 0.2) is 0 Å².